The third-order valence-corrected chi connectivity index (χ3v) is 5.25. The third kappa shape index (κ3) is 5.97. The zero-order valence-electron chi connectivity index (χ0n) is 17.7. The van der Waals surface area contributed by atoms with Gasteiger partial charge in [0.25, 0.3) is 0 Å². The summed E-state index contributed by atoms with van der Waals surface area (Å²) >= 11 is 0. The fraction of sp³-hybridized carbons (Fsp3) is 0.545. The van der Waals surface area contributed by atoms with Crippen LogP contribution in [0.4, 0.5) is 0 Å². The molecule has 0 aliphatic heterocycles. The molecular formula is C22H33N5O2. The van der Waals surface area contributed by atoms with Gasteiger partial charge in [0, 0.05) is 30.9 Å². The number of aryl methyl sites for hydroxylation is 1. The van der Waals surface area contributed by atoms with Gasteiger partial charge in [0.1, 0.15) is 11.4 Å². The second kappa shape index (κ2) is 9.78. The van der Waals surface area contributed by atoms with E-state index in [1.165, 1.54) is 12.8 Å². The predicted molar refractivity (Wildman–Crippen MR) is 115 cm³/mol. The van der Waals surface area contributed by atoms with Gasteiger partial charge in [-0.05, 0) is 45.6 Å². The molecule has 0 bridgehead atoms. The lowest BCUT2D eigenvalue weighted by atomic mass is 10.00. The minimum Gasteiger partial charge on any atom is -0.490 e. The number of hydrogen-bond donors (Lipinski definition) is 3. The number of nitrogens with one attached hydrogen (secondary N) is 2. The normalized spacial score (nSPS) is 17.2. The van der Waals surface area contributed by atoms with Crippen LogP contribution in [0.25, 0.3) is 0 Å². The van der Waals surface area contributed by atoms with Crippen molar-refractivity contribution >= 4 is 5.96 Å². The minimum atomic E-state index is -1.05. The topological polar surface area (TPSA) is 83.7 Å². The minimum absolute atomic E-state index is 0.320. The standard InChI is InChI=1S/C22H33N5O2/c1-4-23-21(25-16-22(2,28)18-14-26-27(3)15-18)24-13-17-9-5-8-12-20(17)29-19-10-6-7-11-19/h5,8-9,12,14-15,19,28H,4,6-7,10-11,13,16H2,1-3H3,(H2,23,24,25). The van der Waals surface area contributed by atoms with Gasteiger partial charge in [-0.25, -0.2) is 4.99 Å². The average Bonchev–Trinajstić information content (AvgIpc) is 3.37. The van der Waals surface area contributed by atoms with Crippen LogP contribution in [0.3, 0.4) is 0 Å². The highest BCUT2D eigenvalue weighted by Crippen LogP contribution is 2.27. The molecule has 3 N–H and O–H groups in total. The Balaban J connectivity index is 1.64. The van der Waals surface area contributed by atoms with E-state index in [-0.39, 0.29) is 0 Å². The highest BCUT2D eigenvalue weighted by molar-refractivity contribution is 5.79. The van der Waals surface area contributed by atoms with Gasteiger partial charge in [-0.15, -0.1) is 0 Å². The van der Waals surface area contributed by atoms with Crippen molar-refractivity contribution < 1.29 is 9.84 Å². The highest BCUT2D eigenvalue weighted by Gasteiger charge is 2.25. The summed E-state index contributed by atoms with van der Waals surface area (Å²) in [7, 11) is 1.84. The van der Waals surface area contributed by atoms with E-state index in [9.17, 15) is 5.11 Å². The number of aliphatic imine (C=N–C) groups is 1. The first-order valence-corrected chi connectivity index (χ1v) is 10.5. The molecule has 0 saturated heterocycles. The van der Waals surface area contributed by atoms with Crippen LogP contribution in [0, 0.1) is 0 Å². The molecule has 1 aromatic carbocycles. The van der Waals surface area contributed by atoms with E-state index < -0.39 is 5.60 Å². The smallest absolute Gasteiger partial charge is 0.191 e. The van der Waals surface area contributed by atoms with E-state index in [1.54, 1.807) is 17.8 Å². The van der Waals surface area contributed by atoms with E-state index in [0.717, 1.165) is 36.3 Å². The maximum atomic E-state index is 10.8. The van der Waals surface area contributed by atoms with Gasteiger partial charge in [0.05, 0.1) is 25.4 Å². The van der Waals surface area contributed by atoms with E-state index in [1.807, 2.05) is 38.4 Å². The van der Waals surface area contributed by atoms with Crippen LogP contribution >= 0.6 is 0 Å². The summed E-state index contributed by atoms with van der Waals surface area (Å²) in [6, 6.07) is 8.10. The molecule has 0 radical (unpaired) electrons. The van der Waals surface area contributed by atoms with Crippen molar-refractivity contribution in [1.29, 1.82) is 0 Å². The summed E-state index contributed by atoms with van der Waals surface area (Å²) < 4.78 is 7.90. The fourth-order valence-corrected chi connectivity index (χ4v) is 3.50. The number of aromatic nitrogens is 2. The Morgan fingerprint density at radius 1 is 1.31 bits per heavy atom. The van der Waals surface area contributed by atoms with Crippen molar-refractivity contribution in [3.8, 4) is 5.75 Å². The zero-order chi connectivity index (χ0) is 20.7. The molecule has 1 saturated carbocycles. The number of nitrogens with zero attached hydrogens (tertiary/aromatic N) is 3. The van der Waals surface area contributed by atoms with Crippen LogP contribution in [0.5, 0.6) is 5.75 Å². The molecule has 158 valence electrons. The van der Waals surface area contributed by atoms with Gasteiger partial charge in [-0.2, -0.15) is 5.10 Å². The molecular weight excluding hydrogens is 366 g/mol. The van der Waals surface area contributed by atoms with Crippen molar-refractivity contribution in [2.45, 2.75) is 57.8 Å². The Morgan fingerprint density at radius 2 is 2.07 bits per heavy atom. The van der Waals surface area contributed by atoms with E-state index in [2.05, 4.69) is 21.8 Å². The van der Waals surface area contributed by atoms with Crippen LogP contribution in [0.2, 0.25) is 0 Å². The number of hydrogen-bond acceptors (Lipinski definition) is 4. The van der Waals surface area contributed by atoms with Crippen molar-refractivity contribution in [2.75, 3.05) is 13.1 Å². The largest absolute Gasteiger partial charge is 0.490 e. The molecule has 1 aliphatic rings. The van der Waals surface area contributed by atoms with Crippen LogP contribution in [0.1, 0.15) is 50.7 Å². The lowest BCUT2D eigenvalue weighted by molar-refractivity contribution is 0.0616. The molecule has 1 heterocycles. The summed E-state index contributed by atoms with van der Waals surface area (Å²) in [5.41, 5.74) is 0.780. The van der Waals surface area contributed by atoms with Gasteiger partial charge in [0.15, 0.2) is 5.96 Å². The quantitative estimate of drug-likeness (QED) is 0.470. The van der Waals surface area contributed by atoms with Crippen molar-refractivity contribution in [1.82, 2.24) is 20.4 Å². The monoisotopic (exact) mass is 399 g/mol. The van der Waals surface area contributed by atoms with Gasteiger partial charge in [-0.3, -0.25) is 4.68 Å². The third-order valence-electron chi connectivity index (χ3n) is 5.25. The Hall–Kier alpha value is -2.54. The molecule has 2 aromatic rings. The predicted octanol–water partition coefficient (Wildman–Crippen LogP) is 2.70. The maximum Gasteiger partial charge on any atom is 0.191 e. The molecule has 7 nitrogen and oxygen atoms in total. The molecule has 0 spiro atoms. The van der Waals surface area contributed by atoms with E-state index in [4.69, 9.17) is 9.73 Å². The van der Waals surface area contributed by atoms with Crippen LogP contribution in [0.15, 0.2) is 41.7 Å². The molecule has 0 amide bonds. The van der Waals surface area contributed by atoms with Crippen molar-refractivity contribution in [3.05, 3.63) is 47.8 Å². The molecule has 1 unspecified atom stereocenters. The lowest BCUT2D eigenvalue weighted by Crippen LogP contribution is -2.44. The fourth-order valence-electron chi connectivity index (χ4n) is 3.50. The number of guanidine groups is 1. The van der Waals surface area contributed by atoms with Gasteiger partial charge >= 0.3 is 0 Å². The Bertz CT molecular complexity index is 809. The van der Waals surface area contributed by atoms with Crippen molar-refractivity contribution in [2.24, 2.45) is 12.0 Å². The van der Waals surface area contributed by atoms with Gasteiger partial charge in [0.2, 0.25) is 0 Å². The van der Waals surface area contributed by atoms with Crippen LogP contribution in [-0.4, -0.2) is 40.0 Å². The molecule has 3 rings (SSSR count). The summed E-state index contributed by atoms with van der Waals surface area (Å²) in [5, 5.41) is 21.4. The first-order chi connectivity index (χ1) is 14.0. The SMILES string of the molecule is CCNC(=NCc1ccccc1OC1CCCC1)NCC(C)(O)c1cnn(C)c1. The summed E-state index contributed by atoms with van der Waals surface area (Å²) in [4.78, 5) is 4.70. The first-order valence-electron chi connectivity index (χ1n) is 10.5. The number of benzene rings is 1. The van der Waals surface area contributed by atoms with Gasteiger partial charge in [-0.1, -0.05) is 18.2 Å². The second-order valence-corrected chi connectivity index (χ2v) is 7.86. The molecule has 1 aliphatic carbocycles. The van der Waals surface area contributed by atoms with E-state index in [0.29, 0.717) is 25.2 Å². The Kier molecular flexibility index (Phi) is 7.14. The van der Waals surface area contributed by atoms with Crippen molar-refractivity contribution in [3.63, 3.8) is 0 Å². The molecule has 1 atom stereocenters. The summed E-state index contributed by atoms with van der Waals surface area (Å²) in [6.45, 7) is 5.36. The number of aliphatic hydroxyl groups is 1. The van der Waals surface area contributed by atoms with Crippen LogP contribution < -0.4 is 15.4 Å². The van der Waals surface area contributed by atoms with Crippen LogP contribution in [-0.2, 0) is 19.2 Å². The Morgan fingerprint density at radius 3 is 2.76 bits per heavy atom. The number of ether oxygens (including phenoxy) is 1. The molecule has 29 heavy (non-hydrogen) atoms. The molecule has 7 heteroatoms. The Labute approximate surface area is 173 Å². The second-order valence-electron chi connectivity index (χ2n) is 7.86. The molecule has 1 aromatic heterocycles. The zero-order valence-corrected chi connectivity index (χ0v) is 17.7. The molecule has 1 fully saturated rings. The number of para-hydroxylation sites is 1. The highest BCUT2D eigenvalue weighted by atomic mass is 16.5. The average molecular weight is 400 g/mol. The van der Waals surface area contributed by atoms with E-state index >= 15 is 0 Å². The maximum absolute atomic E-state index is 10.8. The first kappa shape index (κ1) is 21.2. The lowest BCUT2D eigenvalue weighted by Gasteiger charge is -2.23. The summed E-state index contributed by atoms with van der Waals surface area (Å²) in [5.74, 6) is 1.58. The number of rotatable bonds is 8. The van der Waals surface area contributed by atoms with Gasteiger partial charge < -0.3 is 20.5 Å². The summed E-state index contributed by atoms with van der Waals surface area (Å²) in [6.07, 6.45) is 8.58.